The molecule has 2 aliphatic rings. The van der Waals surface area contributed by atoms with Crippen molar-refractivity contribution in [3.8, 4) is 6.07 Å². The summed E-state index contributed by atoms with van der Waals surface area (Å²) >= 11 is 0. The van der Waals surface area contributed by atoms with E-state index in [0.29, 0.717) is 11.6 Å². The van der Waals surface area contributed by atoms with Gasteiger partial charge in [-0.1, -0.05) is 0 Å². The van der Waals surface area contributed by atoms with E-state index in [9.17, 15) is 0 Å². The van der Waals surface area contributed by atoms with Gasteiger partial charge in [0.05, 0.1) is 5.56 Å². The number of rotatable bonds is 4. The number of allylic oxidation sites excluding steroid dienone is 1. The van der Waals surface area contributed by atoms with E-state index in [4.69, 9.17) is 11.0 Å². The van der Waals surface area contributed by atoms with E-state index in [1.807, 2.05) is 25.4 Å². The smallest absolute Gasteiger partial charge is 0.131 e. The summed E-state index contributed by atoms with van der Waals surface area (Å²) in [6, 6.07) is 6.65. The highest BCUT2D eigenvalue weighted by molar-refractivity contribution is 6.09. The zero-order valence-corrected chi connectivity index (χ0v) is 16.1. The second-order valence-corrected chi connectivity index (χ2v) is 7.46. The van der Waals surface area contributed by atoms with Gasteiger partial charge in [-0.25, -0.2) is 4.98 Å². The number of aromatic nitrogens is 2. The molecule has 0 atom stereocenters. The van der Waals surface area contributed by atoms with E-state index < -0.39 is 0 Å². The first-order chi connectivity index (χ1) is 13.7. The molecule has 0 saturated heterocycles. The van der Waals surface area contributed by atoms with Crippen molar-refractivity contribution in [2.75, 3.05) is 11.4 Å². The highest BCUT2D eigenvalue weighted by Gasteiger charge is 2.21. The lowest BCUT2D eigenvalue weighted by Gasteiger charge is -2.30. The third-order valence-electron chi connectivity index (χ3n) is 5.53. The molecule has 28 heavy (non-hydrogen) atoms. The minimum atomic E-state index is 0.446. The topological polar surface area (TPSA) is 91.2 Å². The summed E-state index contributed by atoms with van der Waals surface area (Å²) in [6.45, 7) is 3.61. The van der Waals surface area contributed by atoms with Crippen LogP contribution in [0.15, 0.2) is 35.7 Å². The highest BCUT2D eigenvalue weighted by atomic mass is 15.2. The lowest BCUT2D eigenvalue weighted by molar-refractivity contribution is 0.421. The maximum absolute atomic E-state index is 9.06. The zero-order chi connectivity index (χ0) is 19.5. The highest BCUT2D eigenvalue weighted by Crippen LogP contribution is 2.27. The Bertz CT molecular complexity index is 981. The number of nitrogens with two attached hydrogens (primary N) is 1. The van der Waals surface area contributed by atoms with Crippen LogP contribution in [0.3, 0.4) is 0 Å². The standard InChI is InChI=1S/C22H24N6/c1-15-7-16(9-23)11-27-22(15)28-6-5-21-18(14-28)8-17(12-26-21)19(10-24)13-25-20-3-2-4-20/h7-8,10-13,20H,2-6,14,24H2,1H3/b19-10+,25-13?. The van der Waals surface area contributed by atoms with E-state index in [0.717, 1.165) is 47.7 Å². The predicted molar refractivity (Wildman–Crippen MR) is 111 cm³/mol. The number of hydrogen-bond donors (Lipinski definition) is 1. The van der Waals surface area contributed by atoms with Gasteiger partial charge in [-0.3, -0.25) is 9.98 Å². The Morgan fingerprint density at radius 2 is 2.18 bits per heavy atom. The van der Waals surface area contributed by atoms with Gasteiger partial charge in [-0.15, -0.1) is 0 Å². The molecule has 0 amide bonds. The molecule has 1 fully saturated rings. The van der Waals surface area contributed by atoms with E-state index in [-0.39, 0.29) is 0 Å². The minimum Gasteiger partial charge on any atom is -0.404 e. The Kier molecular flexibility index (Phi) is 5.07. The molecule has 3 heterocycles. The van der Waals surface area contributed by atoms with Gasteiger partial charge in [0.25, 0.3) is 0 Å². The first kappa shape index (κ1) is 18.2. The van der Waals surface area contributed by atoms with Gasteiger partial charge >= 0.3 is 0 Å². The number of aliphatic imine (C=N–C) groups is 1. The van der Waals surface area contributed by atoms with Crippen LogP contribution in [-0.2, 0) is 13.0 Å². The van der Waals surface area contributed by atoms with Crippen LogP contribution in [0.5, 0.6) is 0 Å². The summed E-state index contributed by atoms with van der Waals surface area (Å²) in [6.07, 6.45) is 11.5. The van der Waals surface area contributed by atoms with Crippen LogP contribution in [0.4, 0.5) is 5.82 Å². The van der Waals surface area contributed by atoms with Crippen LogP contribution in [0.1, 0.15) is 47.2 Å². The van der Waals surface area contributed by atoms with Crippen molar-refractivity contribution >= 4 is 17.6 Å². The van der Waals surface area contributed by atoms with Gasteiger partial charge in [0.15, 0.2) is 0 Å². The molecule has 0 unspecified atom stereocenters. The van der Waals surface area contributed by atoms with E-state index in [1.165, 1.54) is 24.8 Å². The first-order valence-electron chi connectivity index (χ1n) is 9.73. The molecule has 2 aromatic heterocycles. The molecule has 142 valence electrons. The molecule has 1 saturated carbocycles. The summed E-state index contributed by atoms with van der Waals surface area (Å²) in [7, 11) is 0. The van der Waals surface area contributed by atoms with Crippen LogP contribution >= 0.6 is 0 Å². The zero-order valence-electron chi connectivity index (χ0n) is 16.1. The SMILES string of the molecule is Cc1cc(C#N)cnc1N1CCc2ncc(/C(C=NC3CCC3)=C/N)cc2C1. The number of fused-ring (bicyclic) bond motifs is 1. The maximum atomic E-state index is 9.06. The number of nitrogens with zero attached hydrogens (tertiary/aromatic N) is 5. The molecule has 4 rings (SSSR count). The lowest BCUT2D eigenvalue weighted by atomic mass is 9.94. The quantitative estimate of drug-likeness (QED) is 0.833. The number of nitriles is 1. The summed E-state index contributed by atoms with van der Waals surface area (Å²) in [5.41, 5.74) is 11.7. The molecule has 6 nitrogen and oxygen atoms in total. The Morgan fingerprint density at radius 1 is 1.32 bits per heavy atom. The van der Waals surface area contributed by atoms with E-state index in [1.54, 1.807) is 12.4 Å². The summed E-state index contributed by atoms with van der Waals surface area (Å²) in [5.74, 6) is 0.927. The Labute approximate surface area is 165 Å². The van der Waals surface area contributed by atoms with Crippen molar-refractivity contribution in [2.45, 2.75) is 45.2 Å². The number of hydrogen-bond acceptors (Lipinski definition) is 6. The van der Waals surface area contributed by atoms with Gasteiger partial charge in [-0.05, 0) is 49.4 Å². The van der Waals surface area contributed by atoms with Gasteiger partial charge < -0.3 is 10.6 Å². The molecule has 0 spiro atoms. The molecule has 0 aromatic carbocycles. The number of pyridine rings is 2. The fourth-order valence-corrected chi connectivity index (χ4v) is 3.66. The number of anilines is 1. The van der Waals surface area contributed by atoms with E-state index >= 15 is 0 Å². The third-order valence-corrected chi connectivity index (χ3v) is 5.53. The van der Waals surface area contributed by atoms with Gasteiger partial charge in [0.1, 0.15) is 11.9 Å². The summed E-state index contributed by atoms with van der Waals surface area (Å²) in [4.78, 5) is 16.1. The fourth-order valence-electron chi connectivity index (χ4n) is 3.66. The van der Waals surface area contributed by atoms with Gasteiger partial charge in [0, 0.05) is 67.2 Å². The van der Waals surface area contributed by atoms with Crippen LogP contribution in [0.2, 0.25) is 0 Å². The molecular weight excluding hydrogens is 348 g/mol. The second-order valence-electron chi connectivity index (χ2n) is 7.46. The lowest BCUT2D eigenvalue weighted by Crippen LogP contribution is -2.32. The second kappa shape index (κ2) is 7.81. The molecular formula is C22H24N6. The van der Waals surface area contributed by atoms with Crippen LogP contribution in [-0.4, -0.2) is 28.8 Å². The van der Waals surface area contributed by atoms with Crippen molar-refractivity contribution in [2.24, 2.45) is 10.7 Å². The molecule has 2 aromatic rings. The Hall–Kier alpha value is -3.20. The van der Waals surface area contributed by atoms with Crippen LogP contribution in [0, 0.1) is 18.3 Å². The van der Waals surface area contributed by atoms with Crippen molar-refractivity contribution in [1.82, 2.24) is 9.97 Å². The van der Waals surface area contributed by atoms with Crippen LogP contribution in [0.25, 0.3) is 5.57 Å². The average molecular weight is 372 g/mol. The fraction of sp³-hybridized carbons (Fsp3) is 0.364. The molecule has 2 N–H and O–H groups in total. The van der Waals surface area contributed by atoms with E-state index in [2.05, 4.69) is 32.0 Å². The Balaban J connectivity index is 1.57. The van der Waals surface area contributed by atoms with Crippen molar-refractivity contribution in [1.29, 1.82) is 5.26 Å². The largest absolute Gasteiger partial charge is 0.404 e. The Morgan fingerprint density at radius 3 is 2.86 bits per heavy atom. The summed E-state index contributed by atoms with van der Waals surface area (Å²) < 4.78 is 0. The maximum Gasteiger partial charge on any atom is 0.131 e. The van der Waals surface area contributed by atoms with Gasteiger partial charge in [-0.2, -0.15) is 5.26 Å². The first-order valence-corrected chi connectivity index (χ1v) is 9.73. The van der Waals surface area contributed by atoms with Crippen LogP contribution < -0.4 is 10.6 Å². The van der Waals surface area contributed by atoms with Crippen molar-refractivity contribution in [3.05, 3.63) is 58.7 Å². The predicted octanol–water partition coefficient (Wildman–Crippen LogP) is 3.14. The minimum absolute atomic E-state index is 0.446. The van der Waals surface area contributed by atoms with Crippen molar-refractivity contribution < 1.29 is 0 Å². The van der Waals surface area contributed by atoms with Crippen molar-refractivity contribution in [3.63, 3.8) is 0 Å². The molecule has 0 bridgehead atoms. The molecule has 1 aliphatic carbocycles. The van der Waals surface area contributed by atoms with Gasteiger partial charge in [0.2, 0.25) is 0 Å². The third kappa shape index (κ3) is 3.61. The molecule has 1 aliphatic heterocycles. The normalized spacial score (nSPS) is 17.3. The summed E-state index contributed by atoms with van der Waals surface area (Å²) in [5, 5.41) is 9.06. The monoisotopic (exact) mass is 372 g/mol. The average Bonchev–Trinajstić information content (AvgIpc) is 2.69. The number of aryl methyl sites for hydroxylation is 1. The molecule has 0 radical (unpaired) electrons. The molecule has 6 heteroatoms.